The lowest BCUT2D eigenvalue weighted by molar-refractivity contribution is -0.145. The molecule has 0 aliphatic heterocycles. The van der Waals surface area contributed by atoms with Crippen LogP contribution in [0.5, 0.6) is 0 Å². The first kappa shape index (κ1) is 20.0. The number of hydrogen-bond acceptors (Lipinski definition) is 3. The Morgan fingerprint density at radius 2 is 1.50 bits per heavy atom. The number of benzene rings is 2. The average molecular weight is 369 g/mol. The second kappa shape index (κ2) is 8.85. The van der Waals surface area contributed by atoms with Gasteiger partial charge >= 0.3 is 5.97 Å². The molecule has 3 nitrogen and oxygen atoms in total. The Balaban J connectivity index is 2.53. The van der Waals surface area contributed by atoms with E-state index in [1.54, 1.807) is 0 Å². The Hall–Kier alpha value is -2.33. The van der Waals surface area contributed by atoms with Crippen molar-refractivity contribution in [3.8, 4) is 0 Å². The minimum atomic E-state index is -1.83. The summed E-state index contributed by atoms with van der Waals surface area (Å²) in [5.74, 6) is 0.159. The molecule has 2 rings (SSSR count). The van der Waals surface area contributed by atoms with E-state index in [0.29, 0.717) is 0 Å². The van der Waals surface area contributed by atoms with Crippen molar-refractivity contribution in [2.45, 2.75) is 32.5 Å². The Morgan fingerprint density at radius 3 is 2.00 bits per heavy atom. The summed E-state index contributed by atoms with van der Waals surface area (Å²) in [6.45, 7) is 8.37. The third-order valence-corrected chi connectivity index (χ3v) is 4.93. The van der Waals surface area contributed by atoms with Gasteiger partial charge in [-0.2, -0.15) is 0 Å². The van der Waals surface area contributed by atoms with Gasteiger partial charge < -0.3 is 9.16 Å². The number of hydrogen-bond donors (Lipinski definition) is 0. The van der Waals surface area contributed by atoms with Crippen LogP contribution in [0, 0.1) is 5.92 Å². The minimum Gasteiger partial charge on any atom is -0.544 e. The normalized spacial score (nSPS) is 14.4. The molecule has 2 unspecified atom stereocenters. The summed E-state index contributed by atoms with van der Waals surface area (Å²) < 4.78 is 11.4. The largest absolute Gasteiger partial charge is 0.544 e. The molecular weight excluding hydrogens is 340 g/mol. The summed E-state index contributed by atoms with van der Waals surface area (Å²) in [6, 6.07) is 20.1. The van der Waals surface area contributed by atoms with E-state index in [0.717, 1.165) is 16.9 Å². The number of ether oxygens (including phenoxy) is 1. The fourth-order valence-electron chi connectivity index (χ4n) is 2.82. The SMILES string of the molecule is COC(=O)C(C)C(/C=C(/O[Si](C)(C)C)c1ccccc1)c1ccccc1. The molecule has 0 aliphatic rings. The number of rotatable bonds is 7. The molecule has 2 aromatic carbocycles. The summed E-state index contributed by atoms with van der Waals surface area (Å²) in [6.07, 6.45) is 2.07. The average Bonchev–Trinajstić information content (AvgIpc) is 2.64. The Kier molecular flexibility index (Phi) is 6.81. The molecule has 0 saturated heterocycles. The van der Waals surface area contributed by atoms with Gasteiger partial charge in [-0.3, -0.25) is 4.79 Å². The number of esters is 1. The number of allylic oxidation sites excluding steroid dienone is 1. The van der Waals surface area contributed by atoms with E-state index in [2.05, 4.69) is 25.7 Å². The van der Waals surface area contributed by atoms with Crippen LogP contribution in [0.15, 0.2) is 66.7 Å². The Bertz CT molecular complexity index is 733. The van der Waals surface area contributed by atoms with E-state index >= 15 is 0 Å². The predicted molar refractivity (Wildman–Crippen MR) is 109 cm³/mol. The van der Waals surface area contributed by atoms with Crippen molar-refractivity contribution in [3.05, 3.63) is 77.9 Å². The molecule has 0 aliphatic carbocycles. The molecule has 0 N–H and O–H groups in total. The first-order valence-corrected chi connectivity index (χ1v) is 12.3. The molecule has 26 heavy (non-hydrogen) atoms. The van der Waals surface area contributed by atoms with Crippen LogP contribution in [0.2, 0.25) is 19.6 Å². The van der Waals surface area contributed by atoms with E-state index in [4.69, 9.17) is 9.16 Å². The van der Waals surface area contributed by atoms with Gasteiger partial charge in [0.25, 0.3) is 0 Å². The Morgan fingerprint density at radius 1 is 0.962 bits per heavy atom. The Labute approximate surface area is 157 Å². The van der Waals surface area contributed by atoms with Gasteiger partial charge in [0.05, 0.1) is 13.0 Å². The first-order chi connectivity index (χ1) is 12.3. The van der Waals surface area contributed by atoms with Crippen LogP contribution in [-0.4, -0.2) is 21.4 Å². The van der Waals surface area contributed by atoms with Crippen molar-refractivity contribution in [1.82, 2.24) is 0 Å². The van der Waals surface area contributed by atoms with Crippen molar-refractivity contribution in [2.24, 2.45) is 5.92 Å². The summed E-state index contributed by atoms with van der Waals surface area (Å²) in [5.41, 5.74) is 2.09. The van der Waals surface area contributed by atoms with Gasteiger partial charge in [0, 0.05) is 11.5 Å². The van der Waals surface area contributed by atoms with Crippen LogP contribution in [0.4, 0.5) is 0 Å². The van der Waals surface area contributed by atoms with Crippen molar-refractivity contribution in [2.75, 3.05) is 7.11 Å². The van der Waals surface area contributed by atoms with Gasteiger partial charge in [-0.15, -0.1) is 0 Å². The topological polar surface area (TPSA) is 35.5 Å². The van der Waals surface area contributed by atoms with Crippen molar-refractivity contribution in [1.29, 1.82) is 0 Å². The number of carbonyl (C=O) groups is 1. The fourth-order valence-corrected chi connectivity index (χ4v) is 3.67. The molecule has 0 fully saturated rings. The smallest absolute Gasteiger partial charge is 0.309 e. The second-order valence-corrected chi connectivity index (χ2v) is 11.8. The van der Waals surface area contributed by atoms with Crippen LogP contribution < -0.4 is 0 Å². The molecule has 0 saturated carbocycles. The summed E-state index contributed by atoms with van der Waals surface area (Å²) >= 11 is 0. The predicted octanol–water partition coefficient (Wildman–Crippen LogP) is 5.47. The maximum atomic E-state index is 12.2. The van der Waals surface area contributed by atoms with Crippen LogP contribution in [0.25, 0.3) is 5.76 Å². The third kappa shape index (κ3) is 5.60. The van der Waals surface area contributed by atoms with E-state index in [1.165, 1.54) is 7.11 Å². The first-order valence-electron chi connectivity index (χ1n) is 8.91. The van der Waals surface area contributed by atoms with Gasteiger partial charge in [-0.25, -0.2) is 0 Å². The van der Waals surface area contributed by atoms with Crippen LogP contribution >= 0.6 is 0 Å². The van der Waals surface area contributed by atoms with Gasteiger partial charge in [-0.05, 0) is 31.3 Å². The number of carbonyl (C=O) groups excluding carboxylic acids is 1. The number of methoxy groups -OCH3 is 1. The van der Waals surface area contributed by atoms with Gasteiger partial charge in [0.1, 0.15) is 5.76 Å². The molecule has 0 spiro atoms. The van der Waals surface area contributed by atoms with Crippen molar-refractivity contribution < 1.29 is 14.0 Å². The zero-order valence-corrected chi connectivity index (χ0v) is 17.2. The zero-order chi connectivity index (χ0) is 19.2. The third-order valence-electron chi connectivity index (χ3n) is 4.10. The van der Waals surface area contributed by atoms with Crippen molar-refractivity contribution in [3.63, 3.8) is 0 Å². The molecule has 0 bridgehead atoms. The highest BCUT2D eigenvalue weighted by Crippen LogP contribution is 2.32. The van der Waals surface area contributed by atoms with Crippen LogP contribution in [0.3, 0.4) is 0 Å². The highest BCUT2D eigenvalue weighted by Gasteiger charge is 2.27. The second-order valence-electron chi connectivity index (χ2n) is 7.36. The molecule has 138 valence electrons. The lowest BCUT2D eigenvalue weighted by Gasteiger charge is -2.26. The summed E-state index contributed by atoms with van der Waals surface area (Å²) in [7, 11) is -0.394. The van der Waals surface area contributed by atoms with Crippen LogP contribution in [-0.2, 0) is 14.0 Å². The fraction of sp³-hybridized carbons (Fsp3) is 0.318. The molecule has 4 heteroatoms. The maximum absolute atomic E-state index is 12.2. The lowest BCUT2D eigenvalue weighted by atomic mass is 9.86. The molecular formula is C22H28O3Si. The quantitative estimate of drug-likeness (QED) is 0.369. The minimum absolute atomic E-state index is 0.129. The molecule has 0 radical (unpaired) electrons. The van der Waals surface area contributed by atoms with Gasteiger partial charge in [0.2, 0.25) is 8.32 Å². The van der Waals surface area contributed by atoms with E-state index in [1.807, 2.05) is 67.6 Å². The van der Waals surface area contributed by atoms with Gasteiger partial charge in [0.15, 0.2) is 0 Å². The van der Waals surface area contributed by atoms with Gasteiger partial charge in [-0.1, -0.05) is 67.6 Å². The summed E-state index contributed by atoms with van der Waals surface area (Å²) in [5, 5.41) is 0. The summed E-state index contributed by atoms with van der Waals surface area (Å²) in [4.78, 5) is 12.2. The van der Waals surface area contributed by atoms with E-state index in [-0.39, 0.29) is 17.8 Å². The molecule has 0 heterocycles. The van der Waals surface area contributed by atoms with Crippen LogP contribution in [0.1, 0.15) is 24.0 Å². The highest BCUT2D eigenvalue weighted by atomic mass is 28.4. The molecule has 0 amide bonds. The van der Waals surface area contributed by atoms with E-state index < -0.39 is 8.32 Å². The lowest BCUT2D eigenvalue weighted by Crippen LogP contribution is -2.25. The maximum Gasteiger partial charge on any atom is 0.309 e. The van der Waals surface area contributed by atoms with Crippen molar-refractivity contribution >= 4 is 20.0 Å². The monoisotopic (exact) mass is 368 g/mol. The molecule has 0 aromatic heterocycles. The molecule has 2 aromatic rings. The highest BCUT2D eigenvalue weighted by molar-refractivity contribution is 6.70. The zero-order valence-electron chi connectivity index (χ0n) is 16.2. The standard InChI is InChI=1S/C22H28O3Si/c1-17(22(23)24-2)20(18-12-8-6-9-13-18)16-21(25-26(3,4)5)19-14-10-7-11-15-19/h6-17,20H,1-5H3/b21-16+. The van der Waals surface area contributed by atoms with E-state index in [9.17, 15) is 4.79 Å². The molecule has 2 atom stereocenters.